The Hall–Kier alpha value is -0.730. The fourth-order valence-electron chi connectivity index (χ4n) is 3.14. The summed E-state index contributed by atoms with van der Waals surface area (Å²) < 4.78 is 0. The molecule has 0 aromatic heterocycles. The predicted octanol–water partition coefficient (Wildman–Crippen LogP) is 4.22. The van der Waals surface area contributed by atoms with Gasteiger partial charge in [-0.25, -0.2) is 0 Å². The number of anilines is 1. The van der Waals surface area contributed by atoms with Crippen LogP contribution < -0.4 is 10.2 Å². The summed E-state index contributed by atoms with van der Waals surface area (Å²) in [4.78, 5) is 2.56. The summed E-state index contributed by atoms with van der Waals surface area (Å²) in [7, 11) is 1.99. The van der Waals surface area contributed by atoms with Crippen LogP contribution in [-0.2, 0) is 6.54 Å². The van der Waals surface area contributed by atoms with Gasteiger partial charge in [0.25, 0.3) is 0 Å². The summed E-state index contributed by atoms with van der Waals surface area (Å²) in [5.41, 5.74) is 2.58. The molecule has 1 fully saturated rings. The minimum Gasteiger partial charge on any atom is -0.367 e. The second kappa shape index (κ2) is 7.16. The molecule has 106 valence electrons. The van der Waals surface area contributed by atoms with Gasteiger partial charge in [-0.15, -0.1) is 0 Å². The van der Waals surface area contributed by atoms with Crippen LogP contribution in [0.15, 0.2) is 18.2 Å². The molecule has 1 aliphatic rings. The van der Waals surface area contributed by atoms with Crippen molar-refractivity contribution < 1.29 is 0 Å². The Bertz CT molecular complexity index is 404. The summed E-state index contributed by atoms with van der Waals surface area (Å²) in [6.45, 7) is 4.30. The molecule has 1 heterocycles. The molecule has 0 amide bonds. The van der Waals surface area contributed by atoms with E-state index in [1.165, 1.54) is 43.4 Å². The van der Waals surface area contributed by atoms with Crippen molar-refractivity contribution in [3.8, 4) is 0 Å². The molecule has 1 aromatic rings. The minimum atomic E-state index is 0.661. The molecule has 0 saturated carbocycles. The molecule has 1 aliphatic heterocycles. The van der Waals surface area contributed by atoms with Crippen molar-refractivity contribution in [2.45, 2.75) is 51.6 Å². The van der Waals surface area contributed by atoms with Crippen LogP contribution in [0.1, 0.15) is 44.6 Å². The van der Waals surface area contributed by atoms with Crippen LogP contribution in [0.25, 0.3) is 0 Å². The Morgan fingerprint density at radius 1 is 1.37 bits per heavy atom. The van der Waals surface area contributed by atoms with E-state index in [2.05, 4.69) is 29.3 Å². The molecule has 0 radical (unpaired) electrons. The zero-order valence-electron chi connectivity index (χ0n) is 12.1. The summed E-state index contributed by atoms with van der Waals surface area (Å²) in [5.74, 6) is 0. The van der Waals surface area contributed by atoms with E-state index < -0.39 is 0 Å². The Morgan fingerprint density at radius 2 is 2.21 bits per heavy atom. The van der Waals surface area contributed by atoms with Gasteiger partial charge in [-0.1, -0.05) is 37.1 Å². The van der Waals surface area contributed by atoms with Gasteiger partial charge in [0.1, 0.15) is 0 Å². The van der Waals surface area contributed by atoms with E-state index in [1.807, 2.05) is 13.1 Å². The highest BCUT2D eigenvalue weighted by molar-refractivity contribution is 6.33. The number of nitrogens with zero attached hydrogens (tertiary/aromatic N) is 1. The Balaban J connectivity index is 2.31. The van der Waals surface area contributed by atoms with Crippen LogP contribution in [0.4, 0.5) is 5.69 Å². The molecule has 2 rings (SSSR count). The Kier molecular flexibility index (Phi) is 5.53. The summed E-state index contributed by atoms with van der Waals surface area (Å²) >= 11 is 6.49. The third kappa shape index (κ3) is 3.43. The highest BCUT2D eigenvalue weighted by atomic mass is 35.5. The van der Waals surface area contributed by atoms with Gasteiger partial charge in [0, 0.05) is 19.1 Å². The van der Waals surface area contributed by atoms with Crippen LogP contribution in [0.5, 0.6) is 0 Å². The molecule has 1 unspecified atom stereocenters. The topological polar surface area (TPSA) is 15.3 Å². The van der Waals surface area contributed by atoms with Gasteiger partial charge >= 0.3 is 0 Å². The van der Waals surface area contributed by atoms with Crippen LogP contribution in [-0.4, -0.2) is 19.6 Å². The van der Waals surface area contributed by atoms with Crippen LogP contribution in [0.2, 0.25) is 5.02 Å². The van der Waals surface area contributed by atoms with Crippen molar-refractivity contribution in [2.75, 3.05) is 18.5 Å². The van der Waals surface area contributed by atoms with E-state index in [9.17, 15) is 0 Å². The van der Waals surface area contributed by atoms with Gasteiger partial charge in [0.2, 0.25) is 0 Å². The van der Waals surface area contributed by atoms with Crippen molar-refractivity contribution in [1.29, 1.82) is 0 Å². The number of halogens is 1. The van der Waals surface area contributed by atoms with Gasteiger partial charge in [-0.05, 0) is 44.4 Å². The standard InChI is InChI=1S/C16H25ClN2/c1-3-7-14-9-4-5-11-19(14)16-13(12-18-2)8-6-10-15(16)17/h6,8,10,14,18H,3-5,7,9,11-12H2,1-2H3. The molecule has 0 aliphatic carbocycles. The molecule has 1 saturated heterocycles. The zero-order chi connectivity index (χ0) is 13.7. The number of hydrogen-bond acceptors (Lipinski definition) is 2. The maximum Gasteiger partial charge on any atom is 0.0643 e. The van der Waals surface area contributed by atoms with Crippen molar-refractivity contribution >= 4 is 17.3 Å². The largest absolute Gasteiger partial charge is 0.367 e. The highest BCUT2D eigenvalue weighted by Gasteiger charge is 2.25. The summed E-state index contributed by atoms with van der Waals surface area (Å²) in [6, 6.07) is 6.93. The number of nitrogens with one attached hydrogen (secondary N) is 1. The van der Waals surface area contributed by atoms with Crippen molar-refractivity contribution in [1.82, 2.24) is 5.32 Å². The lowest BCUT2D eigenvalue weighted by molar-refractivity contribution is 0.434. The summed E-state index contributed by atoms with van der Waals surface area (Å²) in [6.07, 6.45) is 6.45. The maximum atomic E-state index is 6.49. The van der Waals surface area contributed by atoms with Gasteiger partial charge in [0.15, 0.2) is 0 Å². The number of hydrogen-bond donors (Lipinski definition) is 1. The normalized spacial score (nSPS) is 19.7. The minimum absolute atomic E-state index is 0.661. The first-order chi connectivity index (χ1) is 9.27. The first-order valence-corrected chi connectivity index (χ1v) is 7.84. The van der Waals surface area contributed by atoms with E-state index >= 15 is 0 Å². The van der Waals surface area contributed by atoms with Gasteiger partial charge in [-0.3, -0.25) is 0 Å². The lowest BCUT2D eigenvalue weighted by Gasteiger charge is -2.39. The van der Waals surface area contributed by atoms with Gasteiger partial charge in [-0.2, -0.15) is 0 Å². The quantitative estimate of drug-likeness (QED) is 0.869. The van der Waals surface area contributed by atoms with E-state index in [4.69, 9.17) is 11.6 Å². The smallest absolute Gasteiger partial charge is 0.0643 e. The first kappa shape index (κ1) is 14.7. The van der Waals surface area contributed by atoms with Crippen molar-refractivity contribution in [2.24, 2.45) is 0 Å². The van der Waals surface area contributed by atoms with Crippen LogP contribution in [0.3, 0.4) is 0 Å². The highest BCUT2D eigenvalue weighted by Crippen LogP contribution is 2.35. The average Bonchev–Trinajstić information content (AvgIpc) is 2.41. The molecule has 1 aromatic carbocycles. The van der Waals surface area contributed by atoms with E-state index in [1.54, 1.807) is 0 Å². The molecule has 2 nitrogen and oxygen atoms in total. The fourth-order valence-corrected chi connectivity index (χ4v) is 3.45. The number of piperidine rings is 1. The second-order valence-corrected chi connectivity index (χ2v) is 5.82. The van der Waals surface area contributed by atoms with Crippen molar-refractivity contribution in [3.63, 3.8) is 0 Å². The molecule has 1 atom stereocenters. The lowest BCUT2D eigenvalue weighted by Crippen LogP contribution is -2.40. The lowest BCUT2D eigenvalue weighted by atomic mass is 9.96. The fraction of sp³-hybridized carbons (Fsp3) is 0.625. The molecule has 0 spiro atoms. The van der Waals surface area contributed by atoms with E-state index in [0.29, 0.717) is 6.04 Å². The van der Waals surface area contributed by atoms with Gasteiger partial charge in [0.05, 0.1) is 10.7 Å². The molecule has 0 bridgehead atoms. The second-order valence-electron chi connectivity index (χ2n) is 5.41. The molecular formula is C16H25ClN2. The van der Waals surface area contributed by atoms with E-state index in [-0.39, 0.29) is 0 Å². The Morgan fingerprint density at radius 3 is 2.95 bits per heavy atom. The van der Waals surface area contributed by atoms with Crippen LogP contribution >= 0.6 is 11.6 Å². The average molecular weight is 281 g/mol. The molecule has 19 heavy (non-hydrogen) atoms. The molecule has 1 N–H and O–H groups in total. The van der Waals surface area contributed by atoms with Gasteiger partial charge < -0.3 is 10.2 Å². The van der Waals surface area contributed by atoms with Crippen molar-refractivity contribution in [3.05, 3.63) is 28.8 Å². The zero-order valence-corrected chi connectivity index (χ0v) is 12.8. The third-order valence-electron chi connectivity index (χ3n) is 3.97. The molecule has 3 heteroatoms. The SMILES string of the molecule is CCCC1CCCCN1c1c(Cl)cccc1CNC. The monoisotopic (exact) mass is 280 g/mol. The third-order valence-corrected chi connectivity index (χ3v) is 4.28. The van der Waals surface area contributed by atoms with E-state index in [0.717, 1.165) is 18.1 Å². The maximum absolute atomic E-state index is 6.49. The predicted molar refractivity (Wildman–Crippen MR) is 84.1 cm³/mol. The summed E-state index contributed by atoms with van der Waals surface area (Å²) in [5, 5.41) is 4.15. The first-order valence-electron chi connectivity index (χ1n) is 7.46. The molecular weight excluding hydrogens is 256 g/mol. The Labute approximate surface area is 122 Å². The number of benzene rings is 1. The number of para-hydroxylation sites is 1. The number of rotatable bonds is 5. The van der Waals surface area contributed by atoms with Crippen LogP contribution in [0, 0.1) is 0 Å².